The minimum atomic E-state index is -0.743. The first kappa shape index (κ1) is 28.5. The van der Waals surface area contributed by atoms with Crippen molar-refractivity contribution in [1.29, 1.82) is 0 Å². The Labute approximate surface area is 242 Å². The lowest BCUT2D eigenvalue weighted by Crippen LogP contribution is -2.53. The first-order valence-corrected chi connectivity index (χ1v) is 14.4. The minimum Gasteiger partial charge on any atom is -0.482 e. The molecule has 3 aromatic carbocycles. The van der Waals surface area contributed by atoms with Gasteiger partial charge in [-0.1, -0.05) is 107 Å². The second-order valence-electron chi connectivity index (χ2n) is 9.53. The van der Waals surface area contributed by atoms with Crippen molar-refractivity contribution in [2.24, 2.45) is 0 Å². The molecule has 1 aliphatic carbocycles. The molecular formula is C30H31BrCl2N2O3. The van der Waals surface area contributed by atoms with Crippen LogP contribution in [-0.2, 0) is 22.6 Å². The van der Waals surface area contributed by atoms with Crippen molar-refractivity contribution in [3.63, 3.8) is 0 Å². The molecule has 1 N–H and O–H groups in total. The molecule has 0 bridgehead atoms. The van der Waals surface area contributed by atoms with Crippen LogP contribution in [0.1, 0.15) is 43.2 Å². The van der Waals surface area contributed by atoms with Crippen LogP contribution in [0.5, 0.6) is 5.75 Å². The second kappa shape index (κ2) is 14.0. The van der Waals surface area contributed by atoms with Crippen LogP contribution in [0.2, 0.25) is 10.0 Å². The molecule has 0 spiro atoms. The topological polar surface area (TPSA) is 58.6 Å². The molecule has 2 amide bonds. The third-order valence-corrected chi connectivity index (χ3v) is 7.92. The van der Waals surface area contributed by atoms with Gasteiger partial charge in [0.2, 0.25) is 5.91 Å². The van der Waals surface area contributed by atoms with Crippen LogP contribution < -0.4 is 10.1 Å². The smallest absolute Gasteiger partial charge is 0.261 e. The van der Waals surface area contributed by atoms with Gasteiger partial charge in [-0.05, 0) is 48.2 Å². The molecule has 4 rings (SSSR count). The monoisotopic (exact) mass is 616 g/mol. The van der Waals surface area contributed by atoms with Crippen molar-refractivity contribution in [2.75, 3.05) is 6.61 Å². The number of rotatable bonds is 10. The number of nitrogens with one attached hydrogen (secondary N) is 1. The van der Waals surface area contributed by atoms with Crippen LogP contribution in [0.25, 0.3) is 0 Å². The molecule has 1 atom stereocenters. The third kappa shape index (κ3) is 7.98. The molecule has 5 nitrogen and oxygen atoms in total. The van der Waals surface area contributed by atoms with Crippen LogP contribution in [-0.4, -0.2) is 35.4 Å². The van der Waals surface area contributed by atoms with E-state index in [2.05, 4.69) is 21.2 Å². The van der Waals surface area contributed by atoms with Crippen LogP contribution in [0.15, 0.2) is 77.3 Å². The molecule has 0 aliphatic heterocycles. The molecule has 0 saturated heterocycles. The van der Waals surface area contributed by atoms with Gasteiger partial charge in [-0.15, -0.1) is 0 Å². The van der Waals surface area contributed by atoms with Crippen molar-refractivity contribution in [3.8, 4) is 5.75 Å². The van der Waals surface area contributed by atoms with Gasteiger partial charge in [0.1, 0.15) is 11.8 Å². The fourth-order valence-corrected chi connectivity index (χ4v) is 5.65. The molecule has 0 radical (unpaired) electrons. The zero-order chi connectivity index (χ0) is 26.9. The van der Waals surface area contributed by atoms with Gasteiger partial charge < -0.3 is 15.0 Å². The lowest BCUT2D eigenvalue weighted by Gasteiger charge is -2.33. The lowest BCUT2D eigenvalue weighted by molar-refractivity contribution is -0.143. The molecule has 200 valence electrons. The quantitative estimate of drug-likeness (QED) is 0.261. The number of hydrogen-bond acceptors (Lipinski definition) is 3. The number of amides is 2. The normalized spacial score (nSPS) is 14.5. The third-order valence-electron chi connectivity index (χ3n) is 6.77. The number of halogens is 3. The number of nitrogens with zero attached hydrogens (tertiary/aromatic N) is 1. The van der Waals surface area contributed by atoms with E-state index >= 15 is 0 Å². The van der Waals surface area contributed by atoms with Crippen LogP contribution >= 0.6 is 39.1 Å². The summed E-state index contributed by atoms with van der Waals surface area (Å²) in [6.45, 7) is -0.0979. The van der Waals surface area contributed by atoms with Crippen molar-refractivity contribution >= 4 is 50.9 Å². The summed E-state index contributed by atoms with van der Waals surface area (Å²) >= 11 is 16.2. The molecule has 1 saturated carbocycles. The van der Waals surface area contributed by atoms with E-state index in [1.165, 1.54) is 6.42 Å². The van der Waals surface area contributed by atoms with E-state index in [1.54, 1.807) is 29.2 Å². The maximum atomic E-state index is 13.8. The van der Waals surface area contributed by atoms with Crippen LogP contribution in [0.3, 0.4) is 0 Å². The zero-order valence-electron chi connectivity index (χ0n) is 21.0. The standard InChI is InChI=1S/C30H31BrCl2N2O3/c31-23-15-16-28(26(33)18-23)38-20-29(36)35(19-22-11-7-8-14-25(22)32)27(17-21-9-3-1-4-10-21)30(37)34-24-12-5-2-6-13-24/h1,3-4,7-11,14-16,18,24,27H,2,5-6,12-13,17,19-20H2,(H,34,37)/t27-/m0/s1. The molecule has 1 aliphatic rings. The number of hydrogen-bond donors (Lipinski definition) is 1. The Morgan fingerprint density at radius 1 is 0.947 bits per heavy atom. The maximum absolute atomic E-state index is 13.8. The number of carbonyl (C=O) groups is 2. The number of ether oxygens (including phenoxy) is 1. The van der Waals surface area contributed by atoms with Gasteiger partial charge in [-0.2, -0.15) is 0 Å². The summed E-state index contributed by atoms with van der Waals surface area (Å²) in [7, 11) is 0. The fraction of sp³-hybridized carbons (Fsp3) is 0.333. The summed E-state index contributed by atoms with van der Waals surface area (Å²) in [6, 6.07) is 21.7. The van der Waals surface area contributed by atoms with E-state index in [4.69, 9.17) is 27.9 Å². The highest BCUT2D eigenvalue weighted by Gasteiger charge is 2.32. The van der Waals surface area contributed by atoms with E-state index in [-0.39, 0.29) is 31.0 Å². The van der Waals surface area contributed by atoms with E-state index < -0.39 is 6.04 Å². The first-order chi connectivity index (χ1) is 18.4. The lowest BCUT2D eigenvalue weighted by atomic mass is 9.94. The van der Waals surface area contributed by atoms with Crippen molar-refractivity contribution in [2.45, 2.75) is 57.2 Å². The highest BCUT2D eigenvalue weighted by atomic mass is 79.9. The Morgan fingerprint density at radius 3 is 2.37 bits per heavy atom. The summed E-state index contributed by atoms with van der Waals surface area (Å²) in [4.78, 5) is 29.1. The van der Waals surface area contributed by atoms with E-state index in [9.17, 15) is 9.59 Å². The van der Waals surface area contributed by atoms with Gasteiger partial charge in [0, 0.05) is 28.5 Å². The summed E-state index contributed by atoms with van der Waals surface area (Å²) < 4.78 is 6.63. The van der Waals surface area contributed by atoms with Crippen molar-refractivity contribution in [3.05, 3.63) is 98.4 Å². The van der Waals surface area contributed by atoms with Gasteiger partial charge in [-0.25, -0.2) is 0 Å². The highest BCUT2D eigenvalue weighted by molar-refractivity contribution is 9.10. The second-order valence-corrected chi connectivity index (χ2v) is 11.3. The summed E-state index contributed by atoms with van der Waals surface area (Å²) in [5.74, 6) is -0.0985. The van der Waals surface area contributed by atoms with Crippen LogP contribution in [0, 0.1) is 0 Å². The molecule has 3 aromatic rings. The Hall–Kier alpha value is -2.54. The zero-order valence-corrected chi connectivity index (χ0v) is 24.1. The van der Waals surface area contributed by atoms with E-state index in [1.807, 2.05) is 48.5 Å². The van der Waals surface area contributed by atoms with Crippen molar-refractivity contribution in [1.82, 2.24) is 10.2 Å². The fourth-order valence-electron chi connectivity index (χ4n) is 4.72. The molecule has 1 fully saturated rings. The number of benzene rings is 3. The van der Waals surface area contributed by atoms with Gasteiger partial charge >= 0.3 is 0 Å². The first-order valence-electron chi connectivity index (χ1n) is 12.9. The molecule has 38 heavy (non-hydrogen) atoms. The summed E-state index contributed by atoms with van der Waals surface area (Å²) in [6.07, 6.45) is 5.65. The van der Waals surface area contributed by atoms with Gasteiger partial charge in [0.05, 0.1) is 5.02 Å². The maximum Gasteiger partial charge on any atom is 0.261 e. The average molecular weight is 618 g/mol. The Kier molecular flexibility index (Phi) is 10.5. The van der Waals surface area contributed by atoms with E-state index in [0.29, 0.717) is 22.2 Å². The Morgan fingerprint density at radius 2 is 1.66 bits per heavy atom. The summed E-state index contributed by atoms with van der Waals surface area (Å²) in [5.41, 5.74) is 1.72. The Balaban J connectivity index is 1.62. The molecule has 0 aromatic heterocycles. The largest absolute Gasteiger partial charge is 0.482 e. The van der Waals surface area contributed by atoms with Gasteiger partial charge in [0.25, 0.3) is 5.91 Å². The van der Waals surface area contributed by atoms with Gasteiger partial charge in [0.15, 0.2) is 6.61 Å². The average Bonchev–Trinajstić information content (AvgIpc) is 2.92. The summed E-state index contributed by atoms with van der Waals surface area (Å²) in [5, 5.41) is 4.16. The number of carbonyl (C=O) groups excluding carboxylic acids is 2. The van der Waals surface area contributed by atoms with Crippen molar-refractivity contribution < 1.29 is 14.3 Å². The SMILES string of the molecule is O=C(NC1CCCCC1)[C@H](Cc1ccccc1)N(Cc1ccccc1Cl)C(=O)COc1ccc(Br)cc1Cl. The van der Waals surface area contributed by atoms with Crippen LogP contribution in [0.4, 0.5) is 0 Å². The predicted octanol–water partition coefficient (Wildman–Crippen LogP) is 7.22. The molecular weight excluding hydrogens is 587 g/mol. The molecule has 0 heterocycles. The van der Waals surface area contributed by atoms with Gasteiger partial charge in [-0.3, -0.25) is 9.59 Å². The molecule has 8 heteroatoms. The molecule has 0 unspecified atom stereocenters. The highest BCUT2D eigenvalue weighted by Crippen LogP contribution is 2.28. The minimum absolute atomic E-state index is 0.115. The predicted molar refractivity (Wildman–Crippen MR) is 156 cm³/mol. The van der Waals surface area contributed by atoms with E-state index in [0.717, 1.165) is 41.3 Å². The Bertz CT molecular complexity index is 1240.